The lowest BCUT2D eigenvalue weighted by atomic mass is 10.2. The number of halogens is 1. The van der Waals surface area contributed by atoms with E-state index in [2.05, 4.69) is 30.2 Å². The molecule has 4 rings (SSSR count). The summed E-state index contributed by atoms with van der Waals surface area (Å²) in [7, 11) is 0. The zero-order valence-corrected chi connectivity index (χ0v) is 11.3. The predicted octanol–water partition coefficient (Wildman–Crippen LogP) is 0.220. The smallest absolute Gasteiger partial charge is 0.317 e. The number of aromatic amines is 1. The number of nitrogens with zero attached hydrogens (tertiary/aromatic N) is 5. The number of carbonyl (C=O) groups excluding carboxylic acids is 1. The van der Waals surface area contributed by atoms with Crippen molar-refractivity contribution in [3.8, 4) is 0 Å². The third-order valence-corrected chi connectivity index (χ3v) is 3.94. The Labute approximate surface area is 119 Å². The van der Waals surface area contributed by atoms with Gasteiger partial charge in [-0.3, -0.25) is 0 Å². The molecule has 0 spiro atoms. The minimum absolute atomic E-state index is 0.0158. The van der Waals surface area contributed by atoms with Crippen LogP contribution in [0.15, 0.2) is 6.33 Å². The highest BCUT2D eigenvalue weighted by atomic mass is 35.5. The van der Waals surface area contributed by atoms with Gasteiger partial charge in [0, 0.05) is 26.2 Å². The van der Waals surface area contributed by atoms with Crippen molar-refractivity contribution in [2.45, 2.75) is 6.04 Å². The molecule has 104 valence electrons. The first-order valence-corrected chi connectivity index (χ1v) is 6.76. The summed E-state index contributed by atoms with van der Waals surface area (Å²) in [5.74, 6) is 0.747. The van der Waals surface area contributed by atoms with Crippen LogP contribution in [-0.2, 0) is 0 Å². The molecule has 4 heterocycles. The van der Waals surface area contributed by atoms with Crippen molar-refractivity contribution in [2.75, 3.05) is 31.1 Å². The molecule has 2 aromatic heterocycles. The van der Waals surface area contributed by atoms with Crippen LogP contribution in [-0.4, -0.2) is 63.1 Å². The van der Waals surface area contributed by atoms with Crippen molar-refractivity contribution in [3.63, 3.8) is 0 Å². The lowest BCUT2D eigenvalue weighted by molar-refractivity contribution is 0.197. The number of urea groups is 1. The molecule has 0 bridgehead atoms. The Morgan fingerprint density at radius 3 is 3.15 bits per heavy atom. The van der Waals surface area contributed by atoms with Crippen LogP contribution in [0.3, 0.4) is 0 Å². The Morgan fingerprint density at radius 2 is 2.25 bits per heavy atom. The molecule has 2 amide bonds. The minimum Gasteiger partial charge on any atom is -0.351 e. The first kappa shape index (κ1) is 11.7. The van der Waals surface area contributed by atoms with Gasteiger partial charge in [0.1, 0.15) is 5.52 Å². The molecule has 0 saturated carbocycles. The summed E-state index contributed by atoms with van der Waals surface area (Å²) in [6, 6.07) is 0.185. The second-order valence-corrected chi connectivity index (χ2v) is 5.23. The van der Waals surface area contributed by atoms with E-state index in [0.29, 0.717) is 25.3 Å². The molecule has 0 aromatic carbocycles. The van der Waals surface area contributed by atoms with Crippen LogP contribution in [0.1, 0.15) is 0 Å². The van der Waals surface area contributed by atoms with E-state index >= 15 is 0 Å². The van der Waals surface area contributed by atoms with Gasteiger partial charge < -0.3 is 20.1 Å². The monoisotopic (exact) mass is 293 g/mol. The number of hydrogen-bond acceptors (Lipinski definition) is 5. The number of nitrogens with one attached hydrogen (secondary N) is 2. The number of piperazine rings is 1. The second-order valence-electron chi connectivity index (χ2n) is 4.90. The van der Waals surface area contributed by atoms with Crippen molar-refractivity contribution in [3.05, 3.63) is 11.6 Å². The largest absolute Gasteiger partial charge is 0.351 e. The number of rotatable bonds is 1. The first-order valence-electron chi connectivity index (χ1n) is 6.38. The molecule has 0 radical (unpaired) electrons. The molecule has 2 aliphatic heterocycles. The highest BCUT2D eigenvalue weighted by molar-refractivity contribution is 6.28. The maximum absolute atomic E-state index is 11.6. The molecule has 8 nitrogen and oxygen atoms in total. The summed E-state index contributed by atoms with van der Waals surface area (Å²) in [5.41, 5.74) is 1.34. The van der Waals surface area contributed by atoms with E-state index in [4.69, 9.17) is 11.6 Å². The van der Waals surface area contributed by atoms with E-state index in [9.17, 15) is 4.79 Å². The highest BCUT2D eigenvalue weighted by Gasteiger charge is 2.36. The second kappa shape index (κ2) is 4.20. The number of carbonyl (C=O) groups is 1. The number of fused-ring (bicyclic) bond motifs is 2. The van der Waals surface area contributed by atoms with Gasteiger partial charge in [-0.15, -0.1) is 0 Å². The fourth-order valence-corrected chi connectivity index (χ4v) is 2.98. The standard InChI is InChI=1S/C11H12ClN7O/c12-10-16-8-7(14-5-15-8)9(17-10)18-1-2-19-6(4-18)3-13-11(19)20/h5-6H,1-4H2,(H,13,20)(H,14,15,16,17). The number of aromatic nitrogens is 4. The zero-order chi connectivity index (χ0) is 13.7. The van der Waals surface area contributed by atoms with Gasteiger partial charge in [-0.25, -0.2) is 9.78 Å². The molecular formula is C11H12ClN7O. The summed E-state index contributed by atoms with van der Waals surface area (Å²) >= 11 is 5.95. The van der Waals surface area contributed by atoms with Gasteiger partial charge in [0.25, 0.3) is 0 Å². The topological polar surface area (TPSA) is 90.0 Å². The van der Waals surface area contributed by atoms with Crippen molar-refractivity contribution in [2.24, 2.45) is 0 Å². The summed E-state index contributed by atoms with van der Waals surface area (Å²) in [5, 5.41) is 3.04. The normalized spacial score (nSPS) is 22.2. The molecule has 2 aliphatic rings. The van der Waals surface area contributed by atoms with Crippen LogP contribution in [0.5, 0.6) is 0 Å². The fraction of sp³-hybridized carbons (Fsp3) is 0.455. The van der Waals surface area contributed by atoms with Gasteiger partial charge in [-0.2, -0.15) is 9.97 Å². The van der Waals surface area contributed by atoms with Gasteiger partial charge in [0.05, 0.1) is 12.4 Å². The molecule has 20 heavy (non-hydrogen) atoms. The van der Waals surface area contributed by atoms with Crippen LogP contribution in [0.4, 0.5) is 10.6 Å². The van der Waals surface area contributed by atoms with Gasteiger partial charge in [0.15, 0.2) is 11.5 Å². The third kappa shape index (κ3) is 1.68. The van der Waals surface area contributed by atoms with Crippen LogP contribution >= 0.6 is 11.6 Å². The highest BCUT2D eigenvalue weighted by Crippen LogP contribution is 2.25. The van der Waals surface area contributed by atoms with E-state index in [-0.39, 0.29) is 17.4 Å². The summed E-state index contributed by atoms with van der Waals surface area (Å²) < 4.78 is 0. The first-order chi connectivity index (χ1) is 9.72. The van der Waals surface area contributed by atoms with Crippen LogP contribution in [0.25, 0.3) is 11.2 Å². The molecule has 2 fully saturated rings. The summed E-state index contributed by atoms with van der Waals surface area (Å²) in [6.07, 6.45) is 1.58. The molecular weight excluding hydrogens is 282 g/mol. The van der Waals surface area contributed by atoms with Crippen LogP contribution < -0.4 is 10.2 Å². The fourth-order valence-electron chi connectivity index (χ4n) is 2.82. The Hall–Kier alpha value is -2.09. The Morgan fingerprint density at radius 1 is 1.35 bits per heavy atom. The van der Waals surface area contributed by atoms with E-state index in [0.717, 1.165) is 17.9 Å². The third-order valence-electron chi connectivity index (χ3n) is 3.77. The minimum atomic E-state index is 0.0158. The van der Waals surface area contributed by atoms with Crippen LogP contribution in [0.2, 0.25) is 5.28 Å². The molecule has 2 saturated heterocycles. The quantitative estimate of drug-likeness (QED) is 0.734. The van der Waals surface area contributed by atoms with Gasteiger partial charge >= 0.3 is 6.03 Å². The maximum Gasteiger partial charge on any atom is 0.317 e. The van der Waals surface area contributed by atoms with Gasteiger partial charge in [-0.05, 0) is 11.6 Å². The van der Waals surface area contributed by atoms with Crippen molar-refractivity contribution in [1.29, 1.82) is 0 Å². The average molecular weight is 294 g/mol. The lowest BCUT2D eigenvalue weighted by Gasteiger charge is -2.37. The van der Waals surface area contributed by atoms with Gasteiger partial charge in [-0.1, -0.05) is 0 Å². The molecule has 0 aliphatic carbocycles. The Balaban J connectivity index is 1.70. The zero-order valence-electron chi connectivity index (χ0n) is 10.5. The average Bonchev–Trinajstić information content (AvgIpc) is 3.04. The molecule has 1 unspecified atom stereocenters. The van der Waals surface area contributed by atoms with Crippen molar-refractivity contribution in [1.82, 2.24) is 30.2 Å². The van der Waals surface area contributed by atoms with Crippen LogP contribution in [0, 0.1) is 0 Å². The molecule has 9 heteroatoms. The number of hydrogen-bond donors (Lipinski definition) is 2. The van der Waals surface area contributed by atoms with Crippen molar-refractivity contribution < 1.29 is 4.79 Å². The lowest BCUT2D eigenvalue weighted by Crippen LogP contribution is -2.52. The van der Waals surface area contributed by atoms with E-state index in [1.807, 2.05) is 4.90 Å². The van der Waals surface area contributed by atoms with E-state index < -0.39 is 0 Å². The molecule has 2 N–H and O–H groups in total. The number of H-pyrrole nitrogens is 1. The van der Waals surface area contributed by atoms with E-state index in [1.54, 1.807) is 6.33 Å². The van der Waals surface area contributed by atoms with Gasteiger partial charge in [0.2, 0.25) is 5.28 Å². The Kier molecular flexibility index (Phi) is 2.46. The molecule has 1 atom stereocenters. The number of imidazole rings is 1. The Bertz CT molecular complexity index is 686. The maximum atomic E-state index is 11.6. The number of amides is 2. The summed E-state index contributed by atoms with van der Waals surface area (Å²) in [6.45, 7) is 2.78. The SMILES string of the molecule is O=C1NCC2CN(c3nc(Cl)nc4nc[nH]c34)CCN12. The number of anilines is 1. The molecule has 2 aromatic rings. The van der Waals surface area contributed by atoms with E-state index in [1.165, 1.54) is 0 Å². The summed E-state index contributed by atoms with van der Waals surface area (Å²) in [4.78, 5) is 31.2. The van der Waals surface area contributed by atoms with Crippen molar-refractivity contribution >= 4 is 34.6 Å². The predicted molar refractivity (Wildman–Crippen MR) is 72.8 cm³/mol.